The van der Waals surface area contributed by atoms with E-state index in [1.54, 1.807) is 18.3 Å². The molecule has 1 aliphatic heterocycles. The molecule has 3 nitrogen and oxygen atoms in total. The van der Waals surface area contributed by atoms with Crippen LogP contribution in [-0.4, -0.2) is 29.3 Å². The van der Waals surface area contributed by atoms with Crippen molar-refractivity contribution in [3.05, 3.63) is 15.6 Å². The molecule has 0 amide bonds. The lowest BCUT2D eigenvalue weighted by molar-refractivity contribution is 0.101. The SMILES string of the molecule is CC(=O)c1nc2c(s1)CCN(C)C2. The first-order valence-electron chi connectivity index (χ1n) is 4.35. The van der Waals surface area contributed by atoms with E-state index < -0.39 is 0 Å². The first-order chi connectivity index (χ1) is 6.16. The summed E-state index contributed by atoms with van der Waals surface area (Å²) in [6.45, 7) is 3.54. The van der Waals surface area contributed by atoms with Crippen LogP contribution in [0.1, 0.15) is 27.3 Å². The van der Waals surface area contributed by atoms with Gasteiger partial charge in [-0.05, 0) is 13.5 Å². The van der Waals surface area contributed by atoms with Crippen LogP contribution >= 0.6 is 11.3 Å². The van der Waals surface area contributed by atoms with Crippen molar-refractivity contribution in [2.24, 2.45) is 0 Å². The summed E-state index contributed by atoms with van der Waals surface area (Å²) in [4.78, 5) is 18.9. The Kier molecular flexibility index (Phi) is 2.17. The molecule has 0 aliphatic carbocycles. The highest BCUT2D eigenvalue weighted by atomic mass is 32.1. The van der Waals surface area contributed by atoms with Crippen LogP contribution in [0.15, 0.2) is 0 Å². The van der Waals surface area contributed by atoms with Crippen LogP contribution in [0.5, 0.6) is 0 Å². The predicted molar refractivity (Wildman–Crippen MR) is 52.2 cm³/mol. The van der Waals surface area contributed by atoms with Gasteiger partial charge < -0.3 is 4.90 Å². The average Bonchev–Trinajstić information content (AvgIpc) is 2.46. The zero-order valence-corrected chi connectivity index (χ0v) is 8.65. The summed E-state index contributed by atoms with van der Waals surface area (Å²) in [7, 11) is 2.08. The number of fused-ring (bicyclic) bond motifs is 1. The molecule has 0 spiro atoms. The standard InChI is InChI=1S/C9H12N2OS/c1-6(12)9-10-7-5-11(2)4-3-8(7)13-9/h3-5H2,1-2H3. The highest BCUT2D eigenvalue weighted by molar-refractivity contribution is 7.13. The smallest absolute Gasteiger partial charge is 0.188 e. The van der Waals surface area contributed by atoms with E-state index in [-0.39, 0.29) is 5.78 Å². The largest absolute Gasteiger partial charge is 0.300 e. The average molecular weight is 196 g/mol. The van der Waals surface area contributed by atoms with Crippen LogP contribution in [0.4, 0.5) is 0 Å². The summed E-state index contributed by atoms with van der Waals surface area (Å²) >= 11 is 1.56. The third-order valence-electron chi connectivity index (χ3n) is 2.22. The second-order valence-electron chi connectivity index (χ2n) is 3.43. The molecule has 13 heavy (non-hydrogen) atoms. The number of nitrogens with zero attached hydrogens (tertiary/aromatic N) is 2. The van der Waals surface area contributed by atoms with Gasteiger partial charge in [0.15, 0.2) is 10.8 Å². The van der Waals surface area contributed by atoms with Gasteiger partial charge in [0, 0.05) is 24.9 Å². The number of hydrogen-bond donors (Lipinski definition) is 0. The molecule has 1 aromatic rings. The molecule has 0 saturated carbocycles. The monoisotopic (exact) mass is 196 g/mol. The van der Waals surface area contributed by atoms with E-state index in [1.807, 2.05) is 0 Å². The van der Waals surface area contributed by atoms with Gasteiger partial charge in [-0.15, -0.1) is 11.3 Å². The Morgan fingerprint density at radius 3 is 3.08 bits per heavy atom. The van der Waals surface area contributed by atoms with E-state index in [1.165, 1.54) is 4.88 Å². The Hall–Kier alpha value is -0.740. The van der Waals surface area contributed by atoms with Crippen LogP contribution in [0.25, 0.3) is 0 Å². The highest BCUT2D eigenvalue weighted by Gasteiger charge is 2.19. The minimum Gasteiger partial charge on any atom is -0.300 e. The Labute approximate surface area is 81.4 Å². The molecule has 70 valence electrons. The highest BCUT2D eigenvalue weighted by Crippen LogP contribution is 2.24. The van der Waals surface area contributed by atoms with Crippen LogP contribution in [0.2, 0.25) is 0 Å². The molecular weight excluding hydrogens is 184 g/mol. The minimum atomic E-state index is 0.0852. The topological polar surface area (TPSA) is 33.2 Å². The van der Waals surface area contributed by atoms with Crippen molar-refractivity contribution < 1.29 is 4.79 Å². The number of hydrogen-bond acceptors (Lipinski definition) is 4. The van der Waals surface area contributed by atoms with E-state index in [0.29, 0.717) is 5.01 Å². The third kappa shape index (κ3) is 1.64. The van der Waals surface area contributed by atoms with Crippen molar-refractivity contribution in [1.29, 1.82) is 0 Å². The lowest BCUT2D eigenvalue weighted by Crippen LogP contribution is -2.25. The number of carbonyl (C=O) groups excluding carboxylic acids is 1. The number of rotatable bonds is 1. The van der Waals surface area contributed by atoms with Crippen LogP contribution < -0.4 is 0 Å². The summed E-state index contributed by atoms with van der Waals surface area (Å²) in [5, 5.41) is 0.667. The molecular formula is C9H12N2OS. The molecule has 0 unspecified atom stereocenters. The fourth-order valence-electron chi connectivity index (χ4n) is 1.48. The number of likely N-dealkylation sites (N-methyl/N-ethyl adjacent to an activating group) is 1. The van der Waals surface area contributed by atoms with Crippen molar-refractivity contribution in [3.8, 4) is 0 Å². The number of carbonyl (C=O) groups is 1. The number of aromatic nitrogens is 1. The van der Waals surface area contributed by atoms with Gasteiger partial charge in [-0.1, -0.05) is 0 Å². The number of Topliss-reactive ketones (excluding diaryl/α,β-unsaturated/α-hetero) is 1. The molecule has 0 bridgehead atoms. The Balaban J connectivity index is 2.33. The van der Waals surface area contributed by atoms with E-state index in [4.69, 9.17) is 0 Å². The summed E-state index contributed by atoms with van der Waals surface area (Å²) in [5.41, 5.74) is 1.10. The van der Waals surface area contributed by atoms with Gasteiger partial charge >= 0.3 is 0 Å². The van der Waals surface area contributed by atoms with Gasteiger partial charge in [-0.2, -0.15) is 0 Å². The molecule has 1 aliphatic rings. The molecule has 0 aromatic carbocycles. The van der Waals surface area contributed by atoms with Crippen molar-refractivity contribution in [1.82, 2.24) is 9.88 Å². The van der Waals surface area contributed by atoms with Crippen LogP contribution in [0, 0.1) is 0 Å². The maximum absolute atomic E-state index is 11.1. The summed E-state index contributed by atoms with van der Waals surface area (Å²) in [6, 6.07) is 0. The summed E-state index contributed by atoms with van der Waals surface area (Å²) in [6.07, 6.45) is 1.04. The van der Waals surface area contributed by atoms with Gasteiger partial charge in [0.25, 0.3) is 0 Å². The molecule has 4 heteroatoms. The van der Waals surface area contributed by atoms with Crippen LogP contribution in [-0.2, 0) is 13.0 Å². The normalized spacial score (nSPS) is 17.1. The minimum absolute atomic E-state index is 0.0852. The van der Waals surface area contributed by atoms with Crippen molar-refractivity contribution in [2.75, 3.05) is 13.6 Å². The van der Waals surface area contributed by atoms with Crippen LogP contribution in [0.3, 0.4) is 0 Å². The van der Waals surface area contributed by atoms with Gasteiger partial charge in [0.2, 0.25) is 0 Å². The lowest BCUT2D eigenvalue weighted by Gasteiger charge is -2.20. The third-order valence-corrected chi connectivity index (χ3v) is 3.48. The van der Waals surface area contributed by atoms with Gasteiger partial charge in [-0.25, -0.2) is 4.98 Å². The molecule has 0 N–H and O–H groups in total. The molecule has 0 radical (unpaired) electrons. The number of thiazole rings is 1. The van der Waals surface area contributed by atoms with E-state index in [9.17, 15) is 4.79 Å². The van der Waals surface area contributed by atoms with E-state index in [2.05, 4.69) is 16.9 Å². The maximum atomic E-state index is 11.1. The molecule has 0 atom stereocenters. The molecule has 2 rings (SSSR count). The summed E-state index contributed by atoms with van der Waals surface area (Å²) in [5.74, 6) is 0.0852. The molecule has 2 heterocycles. The lowest BCUT2D eigenvalue weighted by atomic mass is 10.2. The fourth-order valence-corrected chi connectivity index (χ4v) is 2.43. The first kappa shape index (κ1) is 8.84. The summed E-state index contributed by atoms with van der Waals surface area (Å²) < 4.78 is 0. The van der Waals surface area contributed by atoms with Crippen molar-refractivity contribution in [2.45, 2.75) is 19.9 Å². The Morgan fingerprint density at radius 2 is 2.38 bits per heavy atom. The maximum Gasteiger partial charge on any atom is 0.188 e. The Bertz CT molecular complexity index is 345. The van der Waals surface area contributed by atoms with Gasteiger partial charge in [0.05, 0.1) is 5.69 Å². The van der Waals surface area contributed by atoms with Gasteiger partial charge in [-0.3, -0.25) is 4.79 Å². The van der Waals surface area contributed by atoms with Crippen molar-refractivity contribution >= 4 is 17.1 Å². The van der Waals surface area contributed by atoms with E-state index in [0.717, 1.165) is 25.2 Å². The van der Waals surface area contributed by atoms with E-state index >= 15 is 0 Å². The molecule has 1 aromatic heterocycles. The zero-order valence-electron chi connectivity index (χ0n) is 7.83. The Morgan fingerprint density at radius 1 is 1.62 bits per heavy atom. The molecule has 0 fully saturated rings. The second-order valence-corrected chi connectivity index (χ2v) is 4.52. The quantitative estimate of drug-likeness (QED) is 0.635. The fraction of sp³-hybridized carbons (Fsp3) is 0.556. The zero-order chi connectivity index (χ0) is 9.42. The number of ketones is 1. The van der Waals surface area contributed by atoms with Crippen molar-refractivity contribution in [3.63, 3.8) is 0 Å². The predicted octanol–water partition coefficient (Wildman–Crippen LogP) is 1.33. The first-order valence-corrected chi connectivity index (χ1v) is 5.16. The molecule has 0 saturated heterocycles. The van der Waals surface area contributed by atoms with Gasteiger partial charge in [0.1, 0.15) is 0 Å². The second kappa shape index (κ2) is 3.20.